The number of guanidine groups is 1. The van der Waals surface area contributed by atoms with Crippen LogP contribution >= 0.6 is 0 Å². The lowest BCUT2D eigenvalue weighted by molar-refractivity contribution is -0.00803. The van der Waals surface area contributed by atoms with Crippen LogP contribution in [0.2, 0.25) is 0 Å². The Morgan fingerprint density at radius 2 is 2.39 bits per heavy atom. The first kappa shape index (κ1) is 15.5. The van der Waals surface area contributed by atoms with Crippen molar-refractivity contribution < 1.29 is 4.74 Å². The molecule has 9 heteroatoms. The van der Waals surface area contributed by atoms with Crippen molar-refractivity contribution in [2.24, 2.45) is 12.0 Å². The molecule has 9 nitrogen and oxygen atoms in total. The van der Waals surface area contributed by atoms with E-state index in [2.05, 4.69) is 30.4 Å². The zero-order valence-electron chi connectivity index (χ0n) is 13.5. The van der Waals surface area contributed by atoms with E-state index in [0.717, 1.165) is 37.7 Å². The summed E-state index contributed by atoms with van der Waals surface area (Å²) >= 11 is 0. The van der Waals surface area contributed by atoms with Crippen LogP contribution in [-0.4, -0.2) is 68.7 Å². The van der Waals surface area contributed by atoms with Gasteiger partial charge in [-0.3, -0.25) is 14.4 Å². The minimum atomic E-state index is 0.0197. The predicted molar refractivity (Wildman–Crippen MR) is 84.9 cm³/mol. The smallest absolute Gasteiger partial charge is 0.193 e. The molecule has 2 aromatic heterocycles. The topological polar surface area (TPSA) is 85.4 Å². The van der Waals surface area contributed by atoms with Crippen LogP contribution in [0.15, 0.2) is 30.0 Å². The van der Waals surface area contributed by atoms with Gasteiger partial charge in [0.2, 0.25) is 0 Å². The number of morpholine rings is 1. The molecule has 2 aromatic rings. The third kappa shape index (κ3) is 3.86. The monoisotopic (exact) mass is 318 g/mol. The highest BCUT2D eigenvalue weighted by Crippen LogP contribution is 2.21. The number of aliphatic imine (C=N–C) groups is 1. The first-order chi connectivity index (χ1) is 11.3. The number of hydrogen-bond acceptors (Lipinski definition) is 5. The van der Waals surface area contributed by atoms with Crippen LogP contribution in [0, 0.1) is 0 Å². The Morgan fingerprint density at radius 3 is 3.09 bits per heavy atom. The fourth-order valence-corrected chi connectivity index (χ4v) is 2.61. The first-order valence-corrected chi connectivity index (χ1v) is 7.64. The van der Waals surface area contributed by atoms with E-state index in [4.69, 9.17) is 4.74 Å². The quantitative estimate of drug-likeness (QED) is 0.613. The van der Waals surface area contributed by atoms with E-state index in [-0.39, 0.29) is 6.10 Å². The Labute approximate surface area is 135 Å². The summed E-state index contributed by atoms with van der Waals surface area (Å²) in [4.78, 5) is 10.5. The summed E-state index contributed by atoms with van der Waals surface area (Å²) in [7, 11) is 3.71. The normalized spacial score (nSPS) is 19.1. The number of aromatic nitrogens is 5. The third-order valence-corrected chi connectivity index (χ3v) is 3.77. The number of nitrogens with one attached hydrogen (secondary N) is 1. The average molecular weight is 318 g/mol. The van der Waals surface area contributed by atoms with Crippen LogP contribution < -0.4 is 5.32 Å². The molecule has 1 aliphatic heterocycles. The molecule has 3 heterocycles. The van der Waals surface area contributed by atoms with E-state index < -0.39 is 0 Å². The fourth-order valence-electron chi connectivity index (χ4n) is 2.61. The molecule has 23 heavy (non-hydrogen) atoms. The molecular weight excluding hydrogens is 296 g/mol. The average Bonchev–Trinajstić information content (AvgIpc) is 3.23. The predicted octanol–water partition coefficient (Wildman–Crippen LogP) is -0.339. The highest BCUT2D eigenvalue weighted by atomic mass is 16.5. The maximum Gasteiger partial charge on any atom is 0.193 e. The van der Waals surface area contributed by atoms with Crippen LogP contribution in [0.3, 0.4) is 0 Å². The molecule has 0 saturated carbocycles. The zero-order valence-corrected chi connectivity index (χ0v) is 13.5. The maximum atomic E-state index is 5.87. The molecule has 0 bridgehead atoms. The Hall–Kier alpha value is -2.42. The van der Waals surface area contributed by atoms with Gasteiger partial charge in [-0.15, -0.1) is 0 Å². The first-order valence-electron chi connectivity index (χ1n) is 7.64. The minimum absolute atomic E-state index is 0.0197. The molecule has 1 fully saturated rings. The molecule has 0 radical (unpaired) electrons. The Kier molecular flexibility index (Phi) is 4.86. The fraction of sp³-hybridized carbons (Fsp3) is 0.571. The number of nitrogens with zero attached hydrogens (tertiary/aromatic N) is 7. The van der Waals surface area contributed by atoms with Crippen molar-refractivity contribution in [1.82, 2.24) is 34.8 Å². The molecule has 1 N–H and O–H groups in total. The Balaban J connectivity index is 1.55. The van der Waals surface area contributed by atoms with Gasteiger partial charge < -0.3 is 15.0 Å². The van der Waals surface area contributed by atoms with Crippen LogP contribution in [0.1, 0.15) is 11.7 Å². The second kappa shape index (κ2) is 7.23. The van der Waals surface area contributed by atoms with Gasteiger partial charge in [0.05, 0.1) is 25.9 Å². The highest BCUT2D eigenvalue weighted by Gasteiger charge is 2.24. The van der Waals surface area contributed by atoms with Crippen LogP contribution in [0.25, 0.3) is 0 Å². The summed E-state index contributed by atoms with van der Waals surface area (Å²) in [6.45, 7) is 3.73. The van der Waals surface area contributed by atoms with E-state index in [1.165, 1.54) is 6.33 Å². The lowest BCUT2D eigenvalue weighted by Gasteiger charge is -2.34. The summed E-state index contributed by atoms with van der Waals surface area (Å²) in [5.41, 5.74) is 1.09. The lowest BCUT2D eigenvalue weighted by Crippen LogP contribution is -2.48. The number of ether oxygens (including phenoxy) is 1. The van der Waals surface area contributed by atoms with Crippen molar-refractivity contribution in [3.63, 3.8) is 0 Å². The van der Waals surface area contributed by atoms with Crippen molar-refractivity contribution in [3.8, 4) is 0 Å². The van der Waals surface area contributed by atoms with Crippen molar-refractivity contribution in [2.75, 3.05) is 33.3 Å². The number of aryl methyl sites for hydroxylation is 1. The Bertz CT molecular complexity index is 635. The van der Waals surface area contributed by atoms with E-state index in [0.29, 0.717) is 6.61 Å². The standard InChI is InChI=1S/C14H22N8O/c1-15-14(17-3-4-22-11-16-10-19-22)21-5-6-23-13(9-21)12-7-18-20(2)8-12/h7-8,10-11,13H,3-6,9H2,1-2H3,(H,15,17). The van der Waals surface area contributed by atoms with Crippen molar-refractivity contribution in [2.45, 2.75) is 12.6 Å². The van der Waals surface area contributed by atoms with Crippen molar-refractivity contribution in [3.05, 3.63) is 30.6 Å². The molecule has 0 aliphatic carbocycles. The molecule has 1 aliphatic rings. The van der Waals surface area contributed by atoms with Gasteiger partial charge in [0.15, 0.2) is 5.96 Å². The van der Waals surface area contributed by atoms with Crippen molar-refractivity contribution in [1.29, 1.82) is 0 Å². The van der Waals surface area contributed by atoms with Crippen molar-refractivity contribution >= 4 is 5.96 Å². The summed E-state index contributed by atoms with van der Waals surface area (Å²) in [5.74, 6) is 0.877. The molecule has 124 valence electrons. The summed E-state index contributed by atoms with van der Waals surface area (Å²) in [6, 6.07) is 0. The van der Waals surface area contributed by atoms with Gasteiger partial charge in [0.25, 0.3) is 0 Å². The van der Waals surface area contributed by atoms with E-state index >= 15 is 0 Å². The molecule has 1 atom stereocenters. The minimum Gasteiger partial charge on any atom is -0.370 e. The van der Waals surface area contributed by atoms with Gasteiger partial charge in [-0.2, -0.15) is 10.2 Å². The zero-order chi connectivity index (χ0) is 16.1. The second-order valence-electron chi connectivity index (χ2n) is 5.39. The summed E-state index contributed by atoms with van der Waals surface area (Å²) in [6.07, 6.45) is 7.11. The molecular formula is C14H22N8O. The largest absolute Gasteiger partial charge is 0.370 e. The van der Waals surface area contributed by atoms with Gasteiger partial charge in [0, 0.05) is 38.9 Å². The van der Waals surface area contributed by atoms with Gasteiger partial charge in [-0.05, 0) is 0 Å². The molecule has 0 aromatic carbocycles. The summed E-state index contributed by atoms with van der Waals surface area (Å²) in [5, 5.41) is 11.7. The highest BCUT2D eigenvalue weighted by molar-refractivity contribution is 5.80. The van der Waals surface area contributed by atoms with Gasteiger partial charge in [-0.1, -0.05) is 0 Å². The van der Waals surface area contributed by atoms with Crippen LogP contribution in [0.4, 0.5) is 0 Å². The molecule has 3 rings (SSSR count). The Morgan fingerprint density at radius 1 is 1.48 bits per heavy atom. The van der Waals surface area contributed by atoms with Gasteiger partial charge in [-0.25, -0.2) is 4.98 Å². The van der Waals surface area contributed by atoms with Gasteiger partial charge >= 0.3 is 0 Å². The third-order valence-electron chi connectivity index (χ3n) is 3.77. The number of hydrogen-bond donors (Lipinski definition) is 1. The molecule has 0 spiro atoms. The van der Waals surface area contributed by atoms with Crippen LogP contribution in [-0.2, 0) is 18.3 Å². The second-order valence-corrected chi connectivity index (χ2v) is 5.39. The SMILES string of the molecule is CN=C(NCCn1cncn1)N1CCOC(c2cnn(C)c2)C1. The number of rotatable bonds is 4. The lowest BCUT2D eigenvalue weighted by atomic mass is 10.1. The maximum absolute atomic E-state index is 5.87. The van der Waals surface area contributed by atoms with E-state index in [9.17, 15) is 0 Å². The van der Waals surface area contributed by atoms with Crippen LogP contribution in [0.5, 0.6) is 0 Å². The summed E-state index contributed by atoms with van der Waals surface area (Å²) < 4.78 is 9.45. The molecule has 1 unspecified atom stereocenters. The molecule has 1 saturated heterocycles. The van der Waals surface area contributed by atoms with Gasteiger partial charge in [0.1, 0.15) is 18.8 Å². The van der Waals surface area contributed by atoms with E-state index in [1.54, 1.807) is 22.7 Å². The van der Waals surface area contributed by atoms with E-state index in [1.807, 2.05) is 19.4 Å². The molecule has 0 amide bonds.